The van der Waals surface area contributed by atoms with Crippen molar-refractivity contribution in [1.29, 1.82) is 0 Å². The summed E-state index contributed by atoms with van der Waals surface area (Å²) in [6, 6.07) is 7.67. The van der Waals surface area contributed by atoms with E-state index in [1.165, 1.54) is 18.2 Å². The Bertz CT molecular complexity index is 1120. The third kappa shape index (κ3) is 6.83. The van der Waals surface area contributed by atoms with Crippen molar-refractivity contribution >= 4 is 27.6 Å². The molecule has 2 N–H and O–H groups in total. The molecule has 0 bridgehead atoms. The van der Waals surface area contributed by atoms with E-state index in [0.717, 1.165) is 24.3 Å². The number of carbonyl (C=O) groups excluding carboxylic acids is 2. The maximum atomic E-state index is 12.5. The van der Waals surface area contributed by atoms with Gasteiger partial charge in [0.25, 0.3) is 5.91 Å². The number of nitrogens with one attached hydrogen (secondary N) is 2. The molecular formula is C20H19F3N2O7S. The molecule has 1 amide bonds. The van der Waals surface area contributed by atoms with E-state index in [0.29, 0.717) is 25.4 Å². The highest BCUT2D eigenvalue weighted by atomic mass is 32.2. The second kappa shape index (κ2) is 10.1. The minimum Gasteiger partial charge on any atom is -0.490 e. The van der Waals surface area contributed by atoms with Gasteiger partial charge in [-0.15, -0.1) is 0 Å². The van der Waals surface area contributed by atoms with E-state index in [2.05, 4.69) is 14.8 Å². The van der Waals surface area contributed by atoms with Crippen LogP contribution in [0.4, 0.5) is 18.9 Å². The molecule has 0 aliphatic carbocycles. The molecule has 2 aromatic rings. The first kappa shape index (κ1) is 24.3. The fourth-order valence-electron chi connectivity index (χ4n) is 2.68. The Morgan fingerprint density at radius 1 is 1.00 bits per heavy atom. The van der Waals surface area contributed by atoms with E-state index < -0.39 is 46.8 Å². The summed E-state index contributed by atoms with van der Waals surface area (Å²) in [5, 5.41) is 2.26. The first-order valence-corrected chi connectivity index (χ1v) is 11.0. The Morgan fingerprint density at radius 2 is 1.67 bits per heavy atom. The molecule has 0 saturated carbocycles. The normalized spacial score (nSPS) is 13.7. The molecule has 178 valence electrons. The molecule has 13 heteroatoms. The topological polar surface area (TPSA) is 120 Å². The minimum atomic E-state index is -4.51. The van der Waals surface area contributed by atoms with Gasteiger partial charge in [-0.25, -0.2) is 8.42 Å². The second-order valence-corrected chi connectivity index (χ2v) is 8.53. The van der Waals surface area contributed by atoms with Crippen LogP contribution in [-0.4, -0.2) is 46.7 Å². The SMILES string of the molecule is O=C(COC(=O)CNS(=O)(=O)c1ccc2c(c1)OCCCO2)Nc1ccc(C(F)(F)F)cc1. The first-order chi connectivity index (χ1) is 15.5. The van der Waals surface area contributed by atoms with E-state index in [1.54, 1.807) is 0 Å². The molecule has 0 radical (unpaired) electrons. The lowest BCUT2D eigenvalue weighted by molar-refractivity contribution is -0.146. The average molecular weight is 488 g/mol. The van der Waals surface area contributed by atoms with Gasteiger partial charge in [0.05, 0.1) is 23.7 Å². The molecule has 1 aliphatic heterocycles. The molecule has 0 unspecified atom stereocenters. The van der Waals surface area contributed by atoms with Crippen LogP contribution in [0.5, 0.6) is 11.5 Å². The van der Waals surface area contributed by atoms with E-state index >= 15 is 0 Å². The molecular weight excluding hydrogens is 469 g/mol. The number of ether oxygens (including phenoxy) is 3. The summed E-state index contributed by atoms with van der Waals surface area (Å²) in [6.07, 6.45) is -3.86. The molecule has 1 heterocycles. The number of halogens is 3. The van der Waals surface area contributed by atoms with Crippen LogP contribution >= 0.6 is 0 Å². The van der Waals surface area contributed by atoms with Gasteiger partial charge in [-0.2, -0.15) is 17.9 Å². The summed E-state index contributed by atoms with van der Waals surface area (Å²) in [6.45, 7) is -0.698. The molecule has 9 nitrogen and oxygen atoms in total. The molecule has 0 fully saturated rings. The largest absolute Gasteiger partial charge is 0.490 e. The second-order valence-electron chi connectivity index (χ2n) is 6.77. The number of esters is 1. The third-order valence-electron chi connectivity index (χ3n) is 4.30. The zero-order valence-electron chi connectivity index (χ0n) is 17.0. The standard InChI is InChI=1S/C20H19F3N2O7S/c21-20(22,23)13-2-4-14(5-3-13)25-18(26)12-32-19(27)11-24-33(28,29)15-6-7-16-17(10-15)31-9-1-8-30-16/h2-7,10,24H,1,8-9,11-12H2,(H,25,26). The molecule has 0 atom stereocenters. The van der Waals surface area contributed by atoms with E-state index in [9.17, 15) is 31.2 Å². The van der Waals surface area contributed by atoms with Crippen molar-refractivity contribution in [2.24, 2.45) is 0 Å². The van der Waals surface area contributed by atoms with Crippen molar-refractivity contribution in [3.63, 3.8) is 0 Å². The van der Waals surface area contributed by atoms with Gasteiger partial charge in [-0.05, 0) is 36.4 Å². The van der Waals surface area contributed by atoms with Gasteiger partial charge >= 0.3 is 12.1 Å². The van der Waals surface area contributed by atoms with Gasteiger partial charge in [-0.3, -0.25) is 9.59 Å². The lowest BCUT2D eigenvalue weighted by atomic mass is 10.2. The van der Waals surface area contributed by atoms with Crippen LogP contribution in [0.1, 0.15) is 12.0 Å². The van der Waals surface area contributed by atoms with Gasteiger partial charge in [0.2, 0.25) is 10.0 Å². The Labute approximate surface area is 186 Å². The maximum absolute atomic E-state index is 12.5. The first-order valence-electron chi connectivity index (χ1n) is 9.57. The Balaban J connectivity index is 1.47. The molecule has 2 aromatic carbocycles. The Kier molecular flexibility index (Phi) is 7.43. The molecule has 0 spiro atoms. The molecule has 1 aliphatic rings. The lowest BCUT2D eigenvalue weighted by Crippen LogP contribution is -2.32. The average Bonchev–Trinajstić information content (AvgIpc) is 3.01. The molecule has 0 aromatic heterocycles. The van der Waals surface area contributed by atoms with Crippen molar-refractivity contribution in [2.45, 2.75) is 17.5 Å². The minimum absolute atomic E-state index is 0.0687. The van der Waals surface area contributed by atoms with Crippen molar-refractivity contribution in [2.75, 3.05) is 31.7 Å². The number of rotatable bonds is 7. The van der Waals surface area contributed by atoms with Crippen molar-refractivity contribution in [1.82, 2.24) is 4.72 Å². The van der Waals surface area contributed by atoms with E-state index in [4.69, 9.17) is 9.47 Å². The summed E-state index contributed by atoms with van der Waals surface area (Å²) in [5.74, 6) is -1.17. The number of fused-ring (bicyclic) bond motifs is 1. The lowest BCUT2D eigenvalue weighted by Gasteiger charge is -2.11. The quantitative estimate of drug-likeness (QED) is 0.574. The number of hydrogen-bond donors (Lipinski definition) is 2. The fourth-order valence-corrected chi connectivity index (χ4v) is 3.67. The number of benzene rings is 2. The highest BCUT2D eigenvalue weighted by Gasteiger charge is 2.30. The third-order valence-corrected chi connectivity index (χ3v) is 5.69. The summed E-state index contributed by atoms with van der Waals surface area (Å²) in [7, 11) is -4.08. The van der Waals surface area contributed by atoms with Crippen LogP contribution in [0.2, 0.25) is 0 Å². The van der Waals surface area contributed by atoms with Crippen LogP contribution in [-0.2, 0) is 30.5 Å². The van der Waals surface area contributed by atoms with Gasteiger partial charge in [-0.1, -0.05) is 0 Å². The number of alkyl halides is 3. The highest BCUT2D eigenvalue weighted by molar-refractivity contribution is 7.89. The van der Waals surface area contributed by atoms with Crippen LogP contribution in [0.3, 0.4) is 0 Å². The summed E-state index contributed by atoms with van der Waals surface area (Å²) in [5.41, 5.74) is -0.813. The molecule has 33 heavy (non-hydrogen) atoms. The smallest absolute Gasteiger partial charge is 0.416 e. The van der Waals surface area contributed by atoms with Gasteiger partial charge in [0.15, 0.2) is 18.1 Å². The highest BCUT2D eigenvalue weighted by Crippen LogP contribution is 2.32. The van der Waals surface area contributed by atoms with Crippen LogP contribution in [0.25, 0.3) is 0 Å². The number of sulfonamides is 1. The fraction of sp³-hybridized carbons (Fsp3) is 0.300. The van der Waals surface area contributed by atoms with Crippen molar-refractivity contribution in [3.8, 4) is 11.5 Å². The van der Waals surface area contributed by atoms with Gasteiger partial charge in [0, 0.05) is 18.2 Å². The zero-order valence-corrected chi connectivity index (χ0v) is 17.8. The van der Waals surface area contributed by atoms with E-state index in [1.807, 2.05) is 0 Å². The number of hydrogen-bond acceptors (Lipinski definition) is 7. The van der Waals surface area contributed by atoms with Crippen molar-refractivity contribution < 1.29 is 45.4 Å². The Hall–Kier alpha value is -3.32. The number of carbonyl (C=O) groups is 2. The van der Waals surface area contributed by atoms with Crippen LogP contribution < -0.4 is 19.5 Å². The summed E-state index contributed by atoms with van der Waals surface area (Å²) in [4.78, 5) is 23.5. The molecule has 3 rings (SSSR count). The summed E-state index contributed by atoms with van der Waals surface area (Å²) >= 11 is 0. The Morgan fingerprint density at radius 3 is 2.33 bits per heavy atom. The van der Waals surface area contributed by atoms with E-state index in [-0.39, 0.29) is 16.3 Å². The number of amides is 1. The number of anilines is 1. The van der Waals surface area contributed by atoms with Crippen LogP contribution in [0.15, 0.2) is 47.4 Å². The predicted octanol–water partition coefficient (Wildman–Crippen LogP) is 2.33. The summed E-state index contributed by atoms with van der Waals surface area (Å²) < 4.78 is 80.1. The molecule has 0 saturated heterocycles. The van der Waals surface area contributed by atoms with Gasteiger partial charge in [0.1, 0.15) is 6.54 Å². The zero-order chi connectivity index (χ0) is 24.1. The predicted molar refractivity (Wildman–Crippen MR) is 108 cm³/mol. The van der Waals surface area contributed by atoms with Crippen LogP contribution in [0, 0.1) is 0 Å². The van der Waals surface area contributed by atoms with Gasteiger partial charge < -0.3 is 19.5 Å². The monoisotopic (exact) mass is 488 g/mol. The van der Waals surface area contributed by atoms with Crippen molar-refractivity contribution in [3.05, 3.63) is 48.0 Å². The maximum Gasteiger partial charge on any atom is 0.416 e.